The van der Waals surface area contributed by atoms with E-state index in [4.69, 9.17) is 4.98 Å². The maximum atomic E-state index is 13.5. The summed E-state index contributed by atoms with van der Waals surface area (Å²) < 4.78 is 2.52. The van der Waals surface area contributed by atoms with Crippen LogP contribution in [-0.4, -0.2) is 67.7 Å². The van der Waals surface area contributed by atoms with Crippen LogP contribution in [-0.2, 0) is 10.2 Å². The zero-order valence-electron chi connectivity index (χ0n) is 25.5. The van der Waals surface area contributed by atoms with E-state index < -0.39 is 5.60 Å². The summed E-state index contributed by atoms with van der Waals surface area (Å²) in [6.07, 6.45) is 11.2. The van der Waals surface area contributed by atoms with Crippen LogP contribution >= 0.6 is 0 Å². The van der Waals surface area contributed by atoms with Gasteiger partial charge in [0, 0.05) is 31.2 Å². The van der Waals surface area contributed by atoms with E-state index in [0.717, 1.165) is 63.1 Å². The normalized spacial score (nSPS) is 31.5. The molecule has 2 unspecified atom stereocenters. The molecule has 1 saturated carbocycles. The first kappa shape index (κ1) is 28.1. The summed E-state index contributed by atoms with van der Waals surface area (Å²) in [5, 5.41) is 11.3. The Hall–Kier alpha value is -2.70. The summed E-state index contributed by atoms with van der Waals surface area (Å²) in [6, 6.07) is 21.5. The number of aromatic nitrogens is 2. The number of nitrogens with zero attached hydrogens (tertiary/aromatic N) is 4. The summed E-state index contributed by atoms with van der Waals surface area (Å²) in [5.41, 5.74) is 2.75. The summed E-state index contributed by atoms with van der Waals surface area (Å²) in [5.74, 6) is 1.73. The molecule has 224 valence electrons. The second-order valence-corrected chi connectivity index (χ2v) is 14.2. The van der Waals surface area contributed by atoms with Crippen LogP contribution in [0.1, 0.15) is 95.0 Å². The molecule has 42 heavy (non-hydrogen) atoms. The third kappa shape index (κ3) is 4.98. The Morgan fingerprint density at radius 1 is 0.881 bits per heavy atom. The van der Waals surface area contributed by atoms with E-state index in [-0.39, 0.29) is 11.3 Å². The minimum Gasteiger partial charge on any atom is -0.380 e. The van der Waals surface area contributed by atoms with Gasteiger partial charge < -0.3 is 14.6 Å². The Balaban J connectivity index is 1.05. The lowest BCUT2D eigenvalue weighted by molar-refractivity contribution is -0.157. The number of imidazole rings is 1. The number of carbonyl (C=O) groups excluding carboxylic acids is 1. The Morgan fingerprint density at radius 2 is 1.52 bits per heavy atom. The molecule has 1 aromatic heterocycles. The molecule has 1 N–H and O–H groups in total. The van der Waals surface area contributed by atoms with Crippen molar-refractivity contribution in [1.29, 1.82) is 0 Å². The maximum absolute atomic E-state index is 13.5. The molecule has 6 nitrogen and oxygen atoms in total. The molecule has 4 fully saturated rings. The highest BCUT2D eigenvalue weighted by atomic mass is 16.3. The number of fused-ring (bicyclic) bond motifs is 3. The molecule has 4 aliphatic rings. The van der Waals surface area contributed by atoms with Crippen molar-refractivity contribution in [1.82, 2.24) is 19.4 Å². The fraction of sp³-hybridized carbons (Fsp3) is 0.611. The fourth-order valence-electron chi connectivity index (χ4n) is 9.15. The van der Waals surface area contributed by atoms with Gasteiger partial charge in [-0.1, -0.05) is 49.4 Å². The van der Waals surface area contributed by atoms with Crippen LogP contribution in [0.4, 0.5) is 0 Å². The zero-order chi connectivity index (χ0) is 28.9. The van der Waals surface area contributed by atoms with Crippen molar-refractivity contribution < 1.29 is 9.90 Å². The number of piperidine rings is 2. The summed E-state index contributed by atoms with van der Waals surface area (Å²) in [6.45, 7) is 7.01. The third-order valence-corrected chi connectivity index (χ3v) is 11.7. The van der Waals surface area contributed by atoms with Gasteiger partial charge in [0.2, 0.25) is 0 Å². The predicted molar refractivity (Wildman–Crippen MR) is 167 cm³/mol. The van der Waals surface area contributed by atoms with Gasteiger partial charge in [0.25, 0.3) is 5.91 Å². The average Bonchev–Trinajstić information content (AvgIpc) is 3.48. The Morgan fingerprint density at radius 3 is 2.21 bits per heavy atom. The first-order valence-corrected chi connectivity index (χ1v) is 16.6. The Kier molecular flexibility index (Phi) is 7.42. The molecule has 0 radical (unpaired) electrons. The lowest BCUT2D eigenvalue weighted by Crippen LogP contribution is -2.55. The Bertz CT molecular complexity index is 1390. The molecule has 3 aromatic rings. The van der Waals surface area contributed by atoms with E-state index in [9.17, 15) is 9.90 Å². The molecule has 2 atom stereocenters. The molecule has 3 aliphatic heterocycles. The largest absolute Gasteiger partial charge is 0.380 e. The van der Waals surface area contributed by atoms with Crippen LogP contribution in [0, 0.1) is 12.8 Å². The van der Waals surface area contributed by atoms with Gasteiger partial charge in [-0.05, 0) is 113 Å². The van der Waals surface area contributed by atoms with Gasteiger partial charge in [0.1, 0.15) is 11.4 Å². The smallest absolute Gasteiger partial charge is 0.254 e. The third-order valence-electron chi connectivity index (χ3n) is 11.7. The molecule has 4 heterocycles. The molecule has 1 aliphatic carbocycles. The van der Waals surface area contributed by atoms with E-state index in [1.165, 1.54) is 36.8 Å². The first-order chi connectivity index (χ1) is 20.4. The van der Waals surface area contributed by atoms with Gasteiger partial charge in [-0.25, -0.2) is 4.98 Å². The number of para-hydroxylation sites is 2. The molecule has 0 spiro atoms. The highest BCUT2D eigenvalue weighted by molar-refractivity contribution is 5.85. The van der Waals surface area contributed by atoms with Crippen LogP contribution in [0.5, 0.6) is 0 Å². The van der Waals surface area contributed by atoms with Crippen LogP contribution < -0.4 is 0 Å². The van der Waals surface area contributed by atoms with Gasteiger partial charge in [-0.2, -0.15) is 0 Å². The molecular weight excluding hydrogens is 520 g/mol. The summed E-state index contributed by atoms with van der Waals surface area (Å²) in [7, 11) is 0. The molecule has 3 saturated heterocycles. The van der Waals surface area contributed by atoms with Crippen LogP contribution in [0.2, 0.25) is 0 Å². The van der Waals surface area contributed by atoms with Crippen LogP contribution in [0.25, 0.3) is 11.0 Å². The number of hydrogen-bond acceptors (Lipinski definition) is 4. The zero-order valence-corrected chi connectivity index (χ0v) is 25.5. The summed E-state index contributed by atoms with van der Waals surface area (Å²) >= 11 is 0. The molecule has 1 amide bonds. The van der Waals surface area contributed by atoms with Gasteiger partial charge in [-0.3, -0.25) is 9.69 Å². The van der Waals surface area contributed by atoms with Gasteiger partial charge in [0.15, 0.2) is 0 Å². The van der Waals surface area contributed by atoms with E-state index in [2.05, 4.69) is 77.9 Å². The van der Waals surface area contributed by atoms with Gasteiger partial charge in [-0.15, -0.1) is 0 Å². The fourth-order valence-corrected chi connectivity index (χ4v) is 9.15. The number of carbonyl (C=O) groups is 1. The SMILES string of the molecule is Cc1nc2ccccc2n1C1CC2CCC(C1)N2CCC1(c2ccccc2)CCN(C(=O)C2(O)CCC(C)CC2)CC1. The molecule has 2 aromatic carbocycles. The maximum Gasteiger partial charge on any atom is 0.254 e. The van der Waals surface area contributed by atoms with Crippen molar-refractivity contribution in [2.75, 3.05) is 19.6 Å². The van der Waals surface area contributed by atoms with E-state index >= 15 is 0 Å². The quantitative estimate of drug-likeness (QED) is 0.374. The first-order valence-electron chi connectivity index (χ1n) is 16.6. The number of rotatable bonds is 6. The van der Waals surface area contributed by atoms with Crippen molar-refractivity contribution in [2.45, 2.75) is 114 Å². The van der Waals surface area contributed by atoms with E-state index in [1.54, 1.807) is 0 Å². The highest BCUT2D eigenvalue weighted by Crippen LogP contribution is 2.45. The predicted octanol–water partition coefficient (Wildman–Crippen LogP) is 6.40. The standard InChI is InChI=1S/C36H48N4O2/c1-26-14-16-36(42,17-15-26)34(41)38-21-18-35(19-22-38,28-8-4-3-5-9-28)20-23-39-29-12-13-30(39)25-31(24-29)40-27(2)37-32-10-6-7-11-33(32)40/h3-11,26,29-31,42H,12-25H2,1-2H3. The van der Waals surface area contributed by atoms with Crippen LogP contribution in [0.3, 0.4) is 0 Å². The topological polar surface area (TPSA) is 61.6 Å². The van der Waals surface area contributed by atoms with Gasteiger partial charge >= 0.3 is 0 Å². The monoisotopic (exact) mass is 568 g/mol. The number of aliphatic hydroxyl groups is 1. The lowest BCUT2D eigenvalue weighted by atomic mass is 9.69. The second-order valence-electron chi connectivity index (χ2n) is 14.2. The minimum atomic E-state index is -1.15. The lowest BCUT2D eigenvalue weighted by Gasteiger charge is -2.47. The van der Waals surface area contributed by atoms with Crippen LogP contribution in [0.15, 0.2) is 54.6 Å². The van der Waals surface area contributed by atoms with Crippen molar-refractivity contribution in [3.05, 3.63) is 66.0 Å². The van der Waals surface area contributed by atoms with Crippen molar-refractivity contribution in [3.8, 4) is 0 Å². The molecule has 6 heteroatoms. The minimum absolute atomic E-state index is 0.0153. The summed E-state index contributed by atoms with van der Waals surface area (Å²) in [4.78, 5) is 23.2. The molecule has 2 bridgehead atoms. The molecular formula is C36H48N4O2. The highest BCUT2D eigenvalue weighted by Gasteiger charge is 2.46. The van der Waals surface area contributed by atoms with E-state index in [0.29, 0.717) is 36.9 Å². The Labute approximate surface area is 251 Å². The number of likely N-dealkylation sites (tertiary alicyclic amines) is 1. The average molecular weight is 569 g/mol. The number of hydrogen-bond donors (Lipinski definition) is 1. The number of benzene rings is 2. The van der Waals surface area contributed by atoms with Crippen molar-refractivity contribution in [3.63, 3.8) is 0 Å². The number of amides is 1. The molecule has 7 rings (SSSR count). The van der Waals surface area contributed by atoms with Crippen molar-refractivity contribution in [2.24, 2.45) is 5.92 Å². The van der Waals surface area contributed by atoms with Crippen molar-refractivity contribution >= 4 is 16.9 Å². The second kappa shape index (κ2) is 11.1. The number of aryl methyl sites for hydroxylation is 1. The van der Waals surface area contributed by atoms with Gasteiger partial charge in [0.05, 0.1) is 11.0 Å². The van der Waals surface area contributed by atoms with E-state index in [1.807, 2.05) is 4.90 Å².